The zero-order valence-electron chi connectivity index (χ0n) is 20.2. The van der Waals surface area contributed by atoms with Crippen molar-refractivity contribution < 1.29 is 29.2 Å². The van der Waals surface area contributed by atoms with E-state index in [1.165, 1.54) is 12.1 Å². The lowest BCUT2D eigenvalue weighted by Crippen LogP contribution is -2.21. The minimum absolute atomic E-state index is 0.000487. The Morgan fingerprint density at radius 2 is 1.78 bits per heavy atom. The molecule has 0 aliphatic heterocycles. The first-order chi connectivity index (χ1) is 17.4. The van der Waals surface area contributed by atoms with Crippen molar-refractivity contribution in [3.8, 4) is 11.5 Å². The Morgan fingerprint density at radius 1 is 1.06 bits per heavy atom. The van der Waals surface area contributed by atoms with Crippen LogP contribution in [0.15, 0.2) is 66.9 Å². The van der Waals surface area contributed by atoms with Crippen LogP contribution in [0, 0.1) is 5.82 Å². The molecular formula is C29H30FNO5. The van der Waals surface area contributed by atoms with Crippen LogP contribution in [0.25, 0.3) is 10.9 Å². The quantitative estimate of drug-likeness (QED) is 0.260. The van der Waals surface area contributed by atoms with Gasteiger partial charge in [-0.1, -0.05) is 31.5 Å². The third kappa shape index (κ3) is 5.86. The van der Waals surface area contributed by atoms with E-state index >= 15 is 0 Å². The number of carbonyl (C=O) groups is 1. The van der Waals surface area contributed by atoms with Crippen LogP contribution in [0.1, 0.15) is 46.8 Å². The Balaban J connectivity index is 1.54. The second-order valence-electron chi connectivity index (χ2n) is 8.98. The molecule has 6 nitrogen and oxygen atoms in total. The normalized spacial score (nSPS) is 12.1. The second kappa shape index (κ2) is 11.3. The number of aliphatic hydroxyl groups is 1. The van der Waals surface area contributed by atoms with E-state index in [4.69, 9.17) is 4.74 Å². The van der Waals surface area contributed by atoms with Crippen LogP contribution in [-0.2, 0) is 24.1 Å². The number of benzene rings is 3. The first kappa shape index (κ1) is 25.3. The summed E-state index contributed by atoms with van der Waals surface area (Å²) in [6.07, 6.45) is 3.62. The summed E-state index contributed by atoms with van der Waals surface area (Å²) >= 11 is 0. The first-order valence-corrected chi connectivity index (χ1v) is 12.1. The SMILES string of the molecule is CCCCc1cc(O)c(Cn2cc(C[C@H](O)COC(=O)c3ccccc3)c3cc(F)ccc32)c(O)c1. The van der Waals surface area contributed by atoms with E-state index in [0.29, 0.717) is 27.6 Å². The number of ether oxygens (including phenoxy) is 1. The number of aryl methyl sites for hydroxylation is 1. The molecule has 0 aliphatic rings. The standard InChI is InChI=1S/C29H30FNO5/c1-2-3-7-19-12-27(33)25(28(34)13-19)17-31-16-21(24-15-22(30)10-11-26(24)31)14-23(32)18-36-29(35)20-8-5-4-6-9-20/h4-6,8-13,15-16,23,32-34H,2-3,7,14,17-18H2,1H3/t23-/m0/s1. The number of carbonyl (C=O) groups excluding carboxylic acids is 1. The molecule has 0 spiro atoms. The van der Waals surface area contributed by atoms with Gasteiger partial charge in [0.1, 0.15) is 23.9 Å². The van der Waals surface area contributed by atoms with Gasteiger partial charge in [-0.3, -0.25) is 0 Å². The van der Waals surface area contributed by atoms with Crippen LogP contribution < -0.4 is 0 Å². The average molecular weight is 492 g/mol. The molecule has 36 heavy (non-hydrogen) atoms. The highest BCUT2D eigenvalue weighted by atomic mass is 19.1. The fraction of sp³-hybridized carbons (Fsp3) is 0.276. The Hall–Kier alpha value is -3.84. The van der Waals surface area contributed by atoms with Gasteiger partial charge in [0.2, 0.25) is 0 Å². The molecule has 3 N–H and O–H groups in total. The zero-order valence-corrected chi connectivity index (χ0v) is 20.2. The number of aromatic hydroxyl groups is 2. The molecule has 1 aromatic heterocycles. The minimum atomic E-state index is -1.00. The second-order valence-corrected chi connectivity index (χ2v) is 8.98. The van der Waals surface area contributed by atoms with E-state index in [-0.39, 0.29) is 31.1 Å². The van der Waals surface area contributed by atoms with E-state index in [1.807, 2.05) is 0 Å². The number of fused-ring (bicyclic) bond motifs is 1. The molecule has 188 valence electrons. The number of rotatable bonds is 10. The number of esters is 1. The number of phenolic OH excluding ortho intramolecular Hbond substituents is 2. The van der Waals surface area contributed by atoms with Gasteiger partial charge in [0.05, 0.1) is 23.8 Å². The number of unbranched alkanes of at least 4 members (excludes halogenated alkanes) is 1. The molecule has 1 heterocycles. The summed E-state index contributed by atoms with van der Waals surface area (Å²) in [4.78, 5) is 12.2. The van der Waals surface area contributed by atoms with Crippen molar-refractivity contribution in [2.24, 2.45) is 0 Å². The average Bonchev–Trinajstić information content (AvgIpc) is 3.19. The molecule has 0 unspecified atom stereocenters. The number of phenols is 2. The predicted octanol–water partition coefficient (Wildman–Crippen LogP) is 5.34. The van der Waals surface area contributed by atoms with Crippen molar-refractivity contribution in [2.45, 2.75) is 45.3 Å². The number of aromatic nitrogens is 1. The summed E-state index contributed by atoms with van der Waals surface area (Å²) in [6.45, 7) is 2.03. The van der Waals surface area contributed by atoms with Gasteiger partial charge in [-0.15, -0.1) is 0 Å². The molecule has 0 saturated carbocycles. The van der Waals surface area contributed by atoms with E-state index in [1.54, 1.807) is 59.3 Å². The lowest BCUT2D eigenvalue weighted by Gasteiger charge is -2.12. The maximum absolute atomic E-state index is 14.1. The molecule has 0 radical (unpaired) electrons. The largest absolute Gasteiger partial charge is 0.507 e. The van der Waals surface area contributed by atoms with Gasteiger partial charge in [-0.25, -0.2) is 9.18 Å². The molecule has 3 aromatic carbocycles. The molecule has 7 heteroatoms. The van der Waals surface area contributed by atoms with E-state index in [9.17, 15) is 24.5 Å². The van der Waals surface area contributed by atoms with E-state index in [2.05, 4.69) is 6.92 Å². The van der Waals surface area contributed by atoms with Crippen molar-refractivity contribution in [3.05, 3.63) is 94.9 Å². The molecule has 1 atom stereocenters. The topological polar surface area (TPSA) is 91.9 Å². The Kier molecular flexibility index (Phi) is 7.90. The Bertz CT molecular complexity index is 1330. The Morgan fingerprint density at radius 3 is 2.47 bits per heavy atom. The van der Waals surface area contributed by atoms with Crippen molar-refractivity contribution in [1.82, 2.24) is 4.57 Å². The fourth-order valence-electron chi connectivity index (χ4n) is 4.33. The highest BCUT2D eigenvalue weighted by Gasteiger charge is 2.18. The van der Waals surface area contributed by atoms with Gasteiger partial charge in [0, 0.05) is 23.5 Å². The van der Waals surface area contributed by atoms with Gasteiger partial charge >= 0.3 is 5.97 Å². The van der Waals surface area contributed by atoms with E-state index < -0.39 is 17.9 Å². The molecule has 0 saturated heterocycles. The predicted molar refractivity (Wildman–Crippen MR) is 136 cm³/mol. The Labute approximate surface area is 209 Å². The van der Waals surface area contributed by atoms with Gasteiger partial charge in [-0.05, 0) is 66.4 Å². The molecular weight excluding hydrogens is 461 g/mol. The lowest BCUT2D eigenvalue weighted by atomic mass is 10.0. The summed E-state index contributed by atoms with van der Waals surface area (Å²) in [5.74, 6) is -0.951. The highest BCUT2D eigenvalue weighted by molar-refractivity contribution is 5.89. The van der Waals surface area contributed by atoms with Crippen LogP contribution in [0.5, 0.6) is 11.5 Å². The van der Waals surface area contributed by atoms with Crippen LogP contribution in [-0.4, -0.2) is 38.6 Å². The van der Waals surface area contributed by atoms with Crippen molar-refractivity contribution in [1.29, 1.82) is 0 Å². The van der Waals surface area contributed by atoms with Crippen LogP contribution in [0.2, 0.25) is 0 Å². The number of hydrogen-bond donors (Lipinski definition) is 3. The number of aliphatic hydroxyl groups excluding tert-OH is 1. The highest BCUT2D eigenvalue weighted by Crippen LogP contribution is 2.33. The van der Waals surface area contributed by atoms with Crippen LogP contribution >= 0.6 is 0 Å². The number of halogens is 1. The lowest BCUT2D eigenvalue weighted by molar-refractivity contribution is 0.0259. The molecule has 4 rings (SSSR count). The summed E-state index contributed by atoms with van der Waals surface area (Å²) in [5.41, 5.74) is 2.97. The fourth-order valence-corrected chi connectivity index (χ4v) is 4.33. The maximum Gasteiger partial charge on any atom is 0.338 e. The van der Waals surface area contributed by atoms with Crippen molar-refractivity contribution in [2.75, 3.05) is 6.61 Å². The third-order valence-electron chi connectivity index (χ3n) is 6.21. The molecule has 4 aromatic rings. The van der Waals surface area contributed by atoms with Gasteiger partial charge in [0.15, 0.2) is 0 Å². The number of nitrogens with zero attached hydrogens (tertiary/aromatic N) is 1. The summed E-state index contributed by atoms with van der Waals surface area (Å²) in [5, 5.41) is 32.3. The summed E-state index contributed by atoms with van der Waals surface area (Å²) in [7, 11) is 0. The first-order valence-electron chi connectivity index (χ1n) is 12.1. The van der Waals surface area contributed by atoms with Crippen molar-refractivity contribution in [3.63, 3.8) is 0 Å². The smallest absolute Gasteiger partial charge is 0.338 e. The monoisotopic (exact) mass is 491 g/mol. The molecule has 0 fully saturated rings. The van der Waals surface area contributed by atoms with E-state index in [0.717, 1.165) is 24.8 Å². The molecule has 0 aliphatic carbocycles. The summed E-state index contributed by atoms with van der Waals surface area (Å²) < 4.78 is 21.1. The minimum Gasteiger partial charge on any atom is -0.507 e. The van der Waals surface area contributed by atoms with Crippen molar-refractivity contribution >= 4 is 16.9 Å². The van der Waals surface area contributed by atoms with Crippen LogP contribution in [0.4, 0.5) is 4.39 Å². The van der Waals surface area contributed by atoms with Crippen LogP contribution in [0.3, 0.4) is 0 Å². The molecule has 0 bridgehead atoms. The summed E-state index contributed by atoms with van der Waals surface area (Å²) in [6, 6.07) is 16.2. The number of hydrogen-bond acceptors (Lipinski definition) is 5. The van der Waals surface area contributed by atoms with Gasteiger partial charge in [0.25, 0.3) is 0 Å². The van der Waals surface area contributed by atoms with Gasteiger partial charge in [-0.2, -0.15) is 0 Å². The van der Waals surface area contributed by atoms with Gasteiger partial charge < -0.3 is 24.6 Å². The third-order valence-corrected chi connectivity index (χ3v) is 6.21. The maximum atomic E-state index is 14.1. The zero-order chi connectivity index (χ0) is 25.7. The molecule has 0 amide bonds.